The summed E-state index contributed by atoms with van der Waals surface area (Å²) in [4.78, 5) is 16.8. The smallest absolute Gasteiger partial charge is 0.228 e. The molecule has 0 atom stereocenters. The molecule has 0 radical (unpaired) electrons. The Hall–Kier alpha value is -1.29. The second-order valence-electron chi connectivity index (χ2n) is 3.16. The Morgan fingerprint density at radius 1 is 1.64 bits per heavy atom. The van der Waals surface area contributed by atoms with Gasteiger partial charge in [-0.1, -0.05) is 11.6 Å². The standard InChI is InChI=1S/C9H12ClN3O/c1-13(2)9(14)4-8-7(10)3-6(11)5-12-8/h3,5H,4,11H2,1-2H3. The van der Waals surface area contributed by atoms with Crippen LogP contribution in [0.15, 0.2) is 12.3 Å². The first-order chi connectivity index (χ1) is 6.50. The van der Waals surface area contributed by atoms with Crippen molar-refractivity contribution in [1.29, 1.82) is 0 Å². The summed E-state index contributed by atoms with van der Waals surface area (Å²) in [5, 5.41) is 0.431. The van der Waals surface area contributed by atoms with E-state index < -0.39 is 0 Å². The first-order valence-electron chi connectivity index (χ1n) is 4.10. The van der Waals surface area contributed by atoms with Crippen LogP contribution in [0, 0.1) is 0 Å². The van der Waals surface area contributed by atoms with Crippen molar-refractivity contribution in [3.05, 3.63) is 23.0 Å². The summed E-state index contributed by atoms with van der Waals surface area (Å²) >= 11 is 5.87. The van der Waals surface area contributed by atoms with Crippen molar-refractivity contribution in [2.75, 3.05) is 19.8 Å². The van der Waals surface area contributed by atoms with Gasteiger partial charge in [0, 0.05) is 14.1 Å². The van der Waals surface area contributed by atoms with Crippen molar-refractivity contribution in [2.45, 2.75) is 6.42 Å². The highest BCUT2D eigenvalue weighted by Crippen LogP contribution is 2.17. The lowest BCUT2D eigenvalue weighted by atomic mass is 10.2. The summed E-state index contributed by atoms with van der Waals surface area (Å²) in [6.07, 6.45) is 1.69. The maximum Gasteiger partial charge on any atom is 0.228 e. The zero-order chi connectivity index (χ0) is 10.7. The molecular formula is C9H12ClN3O. The van der Waals surface area contributed by atoms with Crippen LogP contribution in [-0.4, -0.2) is 29.9 Å². The van der Waals surface area contributed by atoms with E-state index in [1.165, 1.54) is 11.1 Å². The molecule has 1 amide bonds. The number of carbonyl (C=O) groups is 1. The van der Waals surface area contributed by atoms with Crippen molar-refractivity contribution in [2.24, 2.45) is 0 Å². The van der Waals surface area contributed by atoms with Crippen LogP contribution >= 0.6 is 11.6 Å². The van der Waals surface area contributed by atoms with Gasteiger partial charge in [-0.3, -0.25) is 9.78 Å². The Balaban J connectivity index is 2.82. The van der Waals surface area contributed by atoms with E-state index >= 15 is 0 Å². The highest BCUT2D eigenvalue weighted by atomic mass is 35.5. The number of carbonyl (C=O) groups excluding carboxylic acids is 1. The molecule has 4 nitrogen and oxygen atoms in total. The summed E-state index contributed by atoms with van der Waals surface area (Å²) in [7, 11) is 3.38. The molecule has 0 aliphatic rings. The second-order valence-corrected chi connectivity index (χ2v) is 3.57. The maximum absolute atomic E-state index is 11.3. The number of aromatic nitrogens is 1. The molecule has 76 valence electrons. The fourth-order valence-corrected chi connectivity index (χ4v) is 1.15. The number of halogens is 1. The number of anilines is 1. The number of hydrogen-bond acceptors (Lipinski definition) is 3. The minimum atomic E-state index is -0.0378. The van der Waals surface area contributed by atoms with Crippen LogP contribution in [0.4, 0.5) is 5.69 Å². The maximum atomic E-state index is 11.3. The molecule has 0 bridgehead atoms. The molecule has 14 heavy (non-hydrogen) atoms. The number of hydrogen-bond donors (Lipinski definition) is 1. The fourth-order valence-electron chi connectivity index (χ4n) is 0.912. The third kappa shape index (κ3) is 2.60. The highest BCUT2D eigenvalue weighted by Gasteiger charge is 2.09. The lowest BCUT2D eigenvalue weighted by Crippen LogP contribution is -2.24. The summed E-state index contributed by atoms with van der Waals surface area (Å²) < 4.78 is 0. The Morgan fingerprint density at radius 3 is 2.79 bits per heavy atom. The van der Waals surface area contributed by atoms with E-state index in [0.29, 0.717) is 16.4 Å². The van der Waals surface area contributed by atoms with E-state index in [4.69, 9.17) is 17.3 Å². The Bertz CT molecular complexity index is 352. The molecule has 0 aliphatic carbocycles. The van der Waals surface area contributed by atoms with Crippen LogP contribution < -0.4 is 5.73 Å². The summed E-state index contributed by atoms with van der Waals surface area (Å²) in [6, 6.07) is 1.59. The minimum absolute atomic E-state index is 0.0378. The van der Waals surface area contributed by atoms with Crippen LogP contribution in [0.1, 0.15) is 5.69 Å². The number of rotatable bonds is 2. The lowest BCUT2D eigenvalue weighted by Gasteiger charge is -2.10. The predicted octanol–water partition coefficient (Wildman–Crippen LogP) is 0.948. The molecule has 0 fully saturated rings. The molecule has 2 N–H and O–H groups in total. The molecule has 1 rings (SSSR count). The van der Waals surface area contributed by atoms with E-state index in [1.807, 2.05) is 0 Å². The number of nitrogens with zero attached hydrogens (tertiary/aromatic N) is 2. The molecule has 5 heteroatoms. The average molecular weight is 214 g/mol. The van der Waals surface area contributed by atoms with E-state index in [9.17, 15) is 4.79 Å². The average Bonchev–Trinajstić information content (AvgIpc) is 2.09. The van der Waals surface area contributed by atoms with Crippen molar-refractivity contribution in [3.8, 4) is 0 Å². The number of nitrogens with two attached hydrogens (primary N) is 1. The number of amides is 1. The molecule has 0 saturated heterocycles. The van der Waals surface area contributed by atoms with Gasteiger partial charge in [-0.2, -0.15) is 0 Å². The second kappa shape index (κ2) is 4.28. The van der Waals surface area contributed by atoms with Gasteiger partial charge in [-0.05, 0) is 6.07 Å². The van der Waals surface area contributed by atoms with Gasteiger partial charge in [0.2, 0.25) is 5.91 Å². The number of likely N-dealkylation sites (N-methyl/N-ethyl adjacent to an activating group) is 1. The number of pyridine rings is 1. The zero-order valence-corrected chi connectivity index (χ0v) is 8.88. The van der Waals surface area contributed by atoms with Gasteiger partial charge in [0.1, 0.15) is 0 Å². The van der Waals surface area contributed by atoms with Gasteiger partial charge >= 0.3 is 0 Å². The van der Waals surface area contributed by atoms with Crippen LogP contribution in [0.5, 0.6) is 0 Å². The van der Waals surface area contributed by atoms with Crippen LogP contribution in [-0.2, 0) is 11.2 Å². The quantitative estimate of drug-likeness (QED) is 0.796. The van der Waals surface area contributed by atoms with E-state index in [2.05, 4.69) is 4.98 Å². The van der Waals surface area contributed by atoms with Crippen LogP contribution in [0.3, 0.4) is 0 Å². The molecular weight excluding hydrogens is 202 g/mol. The topological polar surface area (TPSA) is 59.2 Å². The van der Waals surface area contributed by atoms with E-state index in [0.717, 1.165) is 0 Å². The molecule has 1 heterocycles. The van der Waals surface area contributed by atoms with Crippen LogP contribution in [0.25, 0.3) is 0 Å². The zero-order valence-electron chi connectivity index (χ0n) is 8.12. The van der Waals surface area contributed by atoms with Crippen LogP contribution in [0.2, 0.25) is 5.02 Å². The van der Waals surface area contributed by atoms with Crippen molar-refractivity contribution in [1.82, 2.24) is 9.88 Å². The minimum Gasteiger partial charge on any atom is -0.397 e. The predicted molar refractivity (Wildman–Crippen MR) is 56.1 cm³/mol. The summed E-state index contributed by atoms with van der Waals surface area (Å²) in [5.74, 6) is -0.0378. The van der Waals surface area contributed by atoms with Gasteiger partial charge in [-0.15, -0.1) is 0 Å². The highest BCUT2D eigenvalue weighted by molar-refractivity contribution is 6.31. The van der Waals surface area contributed by atoms with Gasteiger partial charge in [0.15, 0.2) is 0 Å². The number of nitrogen functional groups attached to an aromatic ring is 1. The van der Waals surface area contributed by atoms with Crippen molar-refractivity contribution < 1.29 is 4.79 Å². The molecule has 0 aliphatic heterocycles. The fraction of sp³-hybridized carbons (Fsp3) is 0.333. The third-order valence-electron chi connectivity index (χ3n) is 1.76. The Labute approximate surface area is 87.7 Å². The molecule has 0 unspecified atom stereocenters. The molecule has 0 saturated carbocycles. The van der Waals surface area contributed by atoms with E-state index in [1.54, 1.807) is 20.2 Å². The van der Waals surface area contributed by atoms with Crippen molar-refractivity contribution in [3.63, 3.8) is 0 Å². The Morgan fingerprint density at radius 2 is 2.29 bits per heavy atom. The summed E-state index contributed by atoms with van der Waals surface area (Å²) in [6.45, 7) is 0. The van der Waals surface area contributed by atoms with Crippen molar-refractivity contribution >= 4 is 23.2 Å². The third-order valence-corrected chi connectivity index (χ3v) is 2.08. The molecule has 0 spiro atoms. The lowest BCUT2D eigenvalue weighted by molar-refractivity contribution is -0.128. The Kier molecular flexibility index (Phi) is 3.30. The van der Waals surface area contributed by atoms with Gasteiger partial charge in [0.25, 0.3) is 0 Å². The van der Waals surface area contributed by atoms with Gasteiger partial charge in [0.05, 0.1) is 29.0 Å². The normalized spacial score (nSPS) is 9.93. The largest absolute Gasteiger partial charge is 0.397 e. The van der Waals surface area contributed by atoms with Gasteiger partial charge < -0.3 is 10.6 Å². The molecule has 1 aromatic rings. The monoisotopic (exact) mass is 213 g/mol. The summed E-state index contributed by atoms with van der Waals surface area (Å²) in [5.41, 5.74) is 6.53. The molecule has 1 aromatic heterocycles. The van der Waals surface area contributed by atoms with E-state index in [-0.39, 0.29) is 12.3 Å². The van der Waals surface area contributed by atoms with Gasteiger partial charge in [-0.25, -0.2) is 0 Å². The first kappa shape index (κ1) is 10.8. The first-order valence-corrected chi connectivity index (χ1v) is 4.48. The molecule has 0 aromatic carbocycles. The SMILES string of the molecule is CN(C)C(=O)Cc1ncc(N)cc1Cl.